The second kappa shape index (κ2) is 5.41. The molecule has 2 aromatic carbocycles. The van der Waals surface area contributed by atoms with Crippen molar-refractivity contribution in [3.05, 3.63) is 71.0 Å². The molecule has 0 atom stereocenters. The molecule has 0 aliphatic carbocycles. The van der Waals surface area contributed by atoms with Gasteiger partial charge in [0, 0.05) is 6.54 Å². The maximum Gasteiger partial charge on any atom is 0.106 e. The first-order valence-corrected chi connectivity index (χ1v) is 6.94. The number of pyridine rings is 1. The van der Waals surface area contributed by atoms with Gasteiger partial charge in [0.25, 0.3) is 0 Å². The van der Waals surface area contributed by atoms with E-state index < -0.39 is 0 Å². The van der Waals surface area contributed by atoms with Crippen molar-refractivity contribution in [3.63, 3.8) is 0 Å². The van der Waals surface area contributed by atoms with Crippen molar-refractivity contribution in [3.8, 4) is 0 Å². The van der Waals surface area contributed by atoms with Gasteiger partial charge in [-0.1, -0.05) is 42.5 Å². The van der Waals surface area contributed by atoms with Crippen LogP contribution in [0.3, 0.4) is 0 Å². The van der Waals surface area contributed by atoms with Gasteiger partial charge >= 0.3 is 0 Å². The van der Waals surface area contributed by atoms with Gasteiger partial charge in [-0.3, -0.25) is 0 Å². The van der Waals surface area contributed by atoms with Crippen LogP contribution in [0.1, 0.15) is 5.56 Å². The fourth-order valence-corrected chi connectivity index (χ4v) is 2.36. The molecule has 19 heavy (non-hydrogen) atoms. The van der Waals surface area contributed by atoms with Gasteiger partial charge in [0.05, 0.1) is 11.9 Å². The number of halogens is 1. The second-order valence-corrected chi connectivity index (χ2v) is 5.17. The highest BCUT2D eigenvalue weighted by molar-refractivity contribution is 9.10. The van der Waals surface area contributed by atoms with Crippen LogP contribution in [0.5, 0.6) is 0 Å². The van der Waals surface area contributed by atoms with Crippen molar-refractivity contribution in [1.82, 2.24) is 4.98 Å². The molecular weight excluding hydrogens is 300 g/mol. The summed E-state index contributed by atoms with van der Waals surface area (Å²) in [5.74, 6) is 0. The summed E-state index contributed by atoms with van der Waals surface area (Å²) in [5, 5.41) is 5.96. The summed E-state index contributed by atoms with van der Waals surface area (Å²) in [6, 6.07) is 18.8. The first kappa shape index (κ1) is 12.2. The van der Waals surface area contributed by atoms with Gasteiger partial charge in [0.15, 0.2) is 0 Å². The number of benzene rings is 2. The topological polar surface area (TPSA) is 24.9 Å². The third kappa shape index (κ3) is 2.76. The minimum atomic E-state index is 0.796. The Labute approximate surface area is 120 Å². The van der Waals surface area contributed by atoms with Crippen LogP contribution in [-0.2, 0) is 6.54 Å². The number of fused-ring (bicyclic) bond motifs is 1. The molecule has 0 spiro atoms. The maximum atomic E-state index is 4.21. The third-order valence-electron chi connectivity index (χ3n) is 3.09. The standard InChI is InChI=1S/C16H13BrN2/c17-16-9-8-14(11-19-16)18-10-13-6-3-5-12-4-1-2-7-15(12)13/h1-9,11,18H,10H2. The molecule has 0 bridgehead atoms. The Hall–Kier alpha value is -1.87. The Bertz CT molecular complexity index is 687. The summed E-state index contributed by atoms with van der Waals surface area (Å²) in [5.41, 5.74) is 2.32. The van der Waals surface area contributed by atoms with Crippen LogP contribution in [-0.4, -0.2) is 4.98 Å². The zero-order chi connectivity index (χ0) is 13.1. The van der Waals surface area contributed by atoms with Gasteiger partial charge in [-0.15, -0.1) is 0 Å². The highest BCUT2D eigenvalue weighted by Crippen LogP contribution is 2.19. The lowest BCUT2D eigenvalue weighted by molar-refractivity contribution is 1.15. The molecule has 0 saturated heterocycles. The minimum absolute atomic E-state index is 0.796. The van der Waals surface area contributed by atoms with E-state index in [1.54, 1.807) is 0 Å². The summed E-state index contributed by atoms with van der Waals surface area (Å²) < 4.78 is 0.850. The number of nitrogens with one attached hydrogen (secondary N) is 1. The lowest BCUT2D eigenvalue weighted by atomic mass is 10.0. The van der Waals surface area contributed by atoms with Crippen LogP contribution in [0.4, 0.5) is 5.69 Å². The Kier molecular flexibility index (Phi) is 3.47. The van der Waals surface area contributed by atoms with Crippen molar-refractivity contribution in [2.24, 2.45) is 0 Å². The van der Waals surface area contributed by atoms with Crippen molar-refractivity contribution in [2.45, 2.75) is 6.54 Å². The molecule has 94 valence electrons. The van der Waals surface area contributed by atoms with Gasteiger partial charge in [-0.2, -0.15) is 0 Å². The molecule has 3 aromatic rings. The van der Waals surface area contributed by atoms with Gasteiger partial charge in [-0.25, -0.2) is 4.98 Å². The van der Waals surface area contributed by atoms with Crippen molar-refractivity contribution in [1.29, 1.82) is 0 Å². The van der Waals surface area contributed by atoms with Crippen LogP contribution in [0.15, 0.2) is 65.4 Å². The molecule has 2 nitrogen and oxygen atoms in total. The summed E-state index contributed by atoms with van der Waals surface area (Å²) in [6.07, 6.45) is 1.83. The zero-order valence-corrected chi connectivity index (χ0v) is 11.9. The minimum Gasteiger partial charge on any atom is -0.380 e. The molecule has 0 unspecified atom stereocenters. The van der Waals surface area contributed by atoms with E-state index in [4.69, 9.17) is 0 Å². The lowest BCUT2D eigenvalue weighted by Crippen LogP contribution is -2.00. The average molecular weight is 313 g/mol. The monoisotopic (exact) mass is 312 g/mol. The number of anilines is 1. The fraction of sp³-hybridized carbons (Fsp3) is 0.0625. The van der Waals surface area contributed by atoms with Crippen molar-refractivity contribution in [2.75, 3.05) is 5.32 Å². The van der Waals surface area contributed by atoms with E-state index in [1.165, 1.54) is 16.3 Å². The fourth-order valence-electron chi connectivity index (χ4n) is 2.12. The molecule has 0 radical (unpaired) electrons. The number of rotatable bonds is 3. The molecule has 0 aliphatic rings. The molecule has 0 amide bonds. The quantitative estimate of drug-likeness (QED) is 0.714. The van der Waals surface area contributed by atoms with E-state index in [9.17, 15) is 0 Å². The van der Waals surface area contributed by atoms with E-state index in [-0.39, 0.29) is 0 Å². The van der Waals surface area contributed by atoms with Crippen LogP contribution >= 0.6 is 15.9 Å². The molecule has 1 heterocycles. The molecular formula is C16H13BrN2. The normalized spacial score (nSPS) is 10.6. The summed E-state index contributed by atoms with van der Waals surface area (Å²) in [6.45, 7) is 0.796. The van der Waals surface area contributed by atoms with E-state index in [0.29, 0.717) is 0 Å². The number of nitrogens with zero attached hydrogens (tertiary/aromatic N) is 1. The molecule has 0 saturated carbocycles. The van der Waals surface area contributed by atoms with Gasteiger partial charge in [0.2, 0.25) is 0 Å². The van der Waals surface area contributed by atoms with Crippen molar-refractivity contribution >= 4 is 32.4 Å². The van der Waals surface area contributed by atoms with E-state index in [1.807, 2.05) is 18.3 Å². The Morgan fingerprint density at radius 2 is 1.79 bits per heavy atom. The average Bonchev–Trinajstić information content (AvgIpc) is 2.47. The van der Waals surface area contributed by atoms with Crippen LogP contribution in [0, 0.1) is 0 Å². The van der Waals surface area contributed by atoms with Gasteiger partial charge < -0.3 is 5.32 Å². The molecule has 1 N–H and O–H groups in total. The number of hydrogen-bond donors (Lipinski definition) is 1. The van der Waals surface area contributed by atoms with Crippen LogP contribution in [0.25, 0.3) is 10.8 Å². The Balaban J connectivity index is 1.84. The smallest absolute Gasteiger partial charge is 0.106 e. The van der Waals surface area contributed by atoms with E-state index in [2.05, 4.69) is 68.7 Å². The SMILES string of the molecule is Brc1ccc(NCc2cccc3ccccc23)cn1. The summed E-state index contributed by atoms with van der Waals surface area (Å²) >= 11 is 3.34. The first-order valence-electron chi connectivity index (χ1n) is 6.15. The predicted molar refractivity (Wildman–Crippen MR) is 83.2 cm³/mol. The first-order chi connectivity index (χ1) is 9.33. The lowest BCUT2D eigenvalue weighted by Gasteiger charge is -2.09. The van der Waals surface area contributed by atoms with E-state index in [0.717, 1.165) is 16.8 Å². The highest BCUT2D eigenvalue weighted by Gasteiger charge is 2.00. The Morgan fingerprint density at radius 3 is 2.63 bits per heavy atom. The number of hydrogen-bond acceptors (Lipinski definition) is 2. The number of aromatic nitrogens is 1. The van der Waals surface area contributed by atoms with E-state index >= 15 is 0 Å². The predicted octanol–water partition coefficient (Wildman–Crippen LogP) is 4.61. The molecule has 0 fully saturated rings. The molecule has 3 heteroatoms. The van der Waals surface area contributed by atoms with Crippen LogP contribution in [0.2, 0.25) is 0 Å². The van der Waals surface area contributed by atoms with Gasteiger partial charge in [-0.05, 0) is 44.4 Å². The van der Waals surface area contributed by atoms with Crippen LogP contribution < -0.4 is 5.32 Å². The highest BCUT2D eigenvalue weighted by atomic mass is 79.9. The summed E-state index contributed by atoms with van der Waals surface area (Å²) in [7, 11) is 0. The zero-order valence-electron chi connectivity index (χ0n) is 10.3. The molecule has 0 aliphatic heterocycles. The summed E-state index contributed by atoms with van der Waals surface area (Å²) in [4.78, 5) is 4.21. The molecule has 1 aromatic heterocycles. The van der Waals surface area contributed by atoms with Crippen molar-refractivity contribution < 1.29 is 0 Å². The third-order valence-corrected chi connectivity index (χ3v) is 3.56. The maximum absolute atomic E-state index is 4.21. The van der Waals surface area contributed by atoms with Gasteiger partial charge in [0.1, 0.15) is 4.60 Å². The molecule has 3 rings (SSSR count). The second-order valence-electron chi connectivity index (χ2n) is 4.36. The largest absolute Gasteiger partial charge is 0.380 e. The Morgan fingerprint density at radius 1 is 0.947 bits per heavy atom.